The number of hydrogen-bond donors (Lipinski definition) is 3. The molecule has 2 rings (SSSR count). The molecule has 0 saturated heterocycles. The molecule has 0 fully saturated rings. The number of benzene rings is 2. The van der Waals surface area contributed by atoms with Gasteiger partial charge < -0.3 is 20.6 Å². The van der Waals surface area contributed by atoms with Crippen LogP contribution in [0.3, 0.4) is 0 Å². The highest BCUT2D eigenvalue weighted by Crippen LogP contribution is 2.25. The van der Waals surface area contributed by atoms with Crippen LogP contribution in [0.5, 0.6) is 5.75 Å². The van der Waals surface area contributed by atoms with Gasteiger partial charge in [0.2, 0.25) is 0 Å². The Hall–Kier alpha value is -2.74. The highest BCUT2D eigenvalue weighted by Gasteiger charge is 2.18. The highest BCUT2D eigenvalue weighted by molar-refractivity contribution is 7.87. The van der Waals surface area contributed by atoms with Crippen molar-refractivity contribution in [1.29, 1.82) is 0 Å². The number of carbonyl (C=O) groups excluding carboxylic acids is 1. The van der Waals surface area contributed by atoms with Crippen LogP contribution in [0.2, 0.25) is 0 Å². The summed E-state index contributed by atoms with van der Waals surface area (Å²) in [6.45, 7) is 0. The van der Waals surface area contributed by atoms with E-state index in [4.69, 9.17) is 9.92 Å². The molecule has 7 nitrogen and oxygen atoms in total. The van der Waals surface area contributed by atoms with Gasteiger partial charge in [-0.2, -0.15) is 8.42 Å². The highest BCUT2D eigenvalue weighted by atomic mass is 32.2. The van der Waals surface area contributed by atoms with E-state index < -0.39 is 16.1 Å². The summed E-state index contributed by atoms with van der Waals surface area (Å²) in [4.78, 5) is 11.2. The Morgan fingerprint density at radius 2 is 1.82 bits per heavy atom. The molecule has 0 unspecified atom stereocenters. The molecule has 0 bridgehead atoms. The molecule has 116 valence electrons. The van der Waals surface area contributed by atoms with Crippen LogP contribution in [0.25, 0.3) is 0 Å². The largest absolute Gasteiger partial charge is 0.397 e. The second-order valence-electron chi connectivity index (χ2n) is 4.30. The molecule has 2 aromatic carbocycles. The minimum absolute atomic E-state index is 0.114. The Bertz CT molecular complexity index is 776. The van der Waals surface area contributed by atoms with Gasteiger partial charge in [-0.1, -0.05) is 18.2 Å². The molecule has 0 radical (unpaired) electrons. The Morgan fingerprint density at radius 1 is 1.14 bits per heavy atom. The van der Waals surface area contributed by atoms with Crippen LogP contribution < -0.4 is 20.6 Å². The zero-order valence-corrected chi connectivity index (χ0v) is 12.6. The lowest BCUT2D eigenvalue weighted by Gasteiger charge is -2.11. The quantitative estimate of drug-likeness (QED) is 0.587. The first kappa shape index (κ1) is 15.6. The van der Waals surface area contributed by atoms with Crippen molar-refractivity contribution >= 4 is 27.5 Å². The molecule has 8 heteroatoms. The number of amides is 2. The van der Waals surface area contributed by atoms with E-state index in [2.05, 4.69) is 10.6 Å². The molecule has 0 aromatic heterocycles. The molecule has 0 aliphatic heterocycles. The maximum atomic E-state index is 12.2. The number of nitrogen functional groups attached to an aromatic ring is 1. The lowest BCUT2D eigenvalue weighted by atomic mass is 10.3. The average molecular weight is 321 g/mol. The lowest BCUT2D eigenvalue weighted by Crippen LogP contribution is -2.25. The number of carbonyl (C=O) groups is 1. The van der Waals surface area contributed by atoms with Gasteiger partial charge in [0.05, 0.1) is 11.4 Å². The van der Waals surface area contributed by atoms with Crippen LogP contribution in [0.4, 0.5) is 16.2 Å². The SMILES string of the molecule is CNC(=O)Nc1cc(S(=O)(=O)Oc2ccccc2)ccc1N. The van der Waals surface area contributed by atoms with Gasteiger partial charge in [-0.15, -0.1) is 0 Å². The van der Waals surface area contributed by atoms with Crippen molar-refractivity contribution in [3.8, 4) is 5.75 Å². The number of urea groups is 1. The number of nitrogens with two attached hydrogens (primary N) is 1. The zero-order valence-electron chi connectivity index (χ0n) is 11.7. The van der Waals surface area contributed by atoms with Crippen molar-refractivity contribution < 1.29 is 17.4 Å². The average Bonchev–Trinajstić information content (AvgIpc) is 2.49. The molecule has 0 aliphatic carbocycles. The van der Waals surface area contributed by atoms with Gasteiger partial charge in [0.25, 0.3) is 0 Å². The summed E-state index contributed by atoms with van der Waals surface area (Å²) in [5, 5.41) is 4.79. The molecule has 0 atom stereocenters. The molecule has 0 aliphatic rings. The molecule has 0 spiro atoms. The first-order chi connectivity index (χ1) is 10.4. The van der Waals surface area contributed by atoms with Crippen LogP contribution in [0, 0.1) is 0 Å². The predicted octanol–water partition coefficient (Wildman–Crippen LogP) is 1.79. The first-order valence-electron chi connectivity index (χ1n) is 6.30. The fourth-order valence-corrected chi connectivity index (χ4v) is 2.59. The fourth-order valence-electron chi connectivity index (χ4n) is 1.63. The van der Waals surface area contributed by atoms with Crippen molar-refractivity contribution in [2.75, 3.05) is 18.1 Å². The van der Waals surface area contributed by atoms with Crippen LogP contribution in [-0.2, 0) is 10.1 Å². The Morgan fingerprint density at radius 3 is 2.45 bits per heavy atom. The Kier molecular flexibility index (Phi) is 4.52. The first-order valence-corrected chi connectivity index (χ1v) is 7.71. The molecule has 4 N–H and O–H groups in total. The number of rotatable bonds is 4. The van der Waals surface area contributed by atoms with Crippen molar-refractivity contribution in [2.24, 2.45) is 0 Å². The monoisotopic (exact) mass is 321 g/mol. The molecule has 0 saturated carbocycles. The van der Waals surface area contributed by atoms with Gasteiger partial charge in [0, 0.05) is 7.05 Å². The Labute approximate surface area is 128 Å². The summed E-state index contributed by atoms with van der Waals surface area (Å²) in [5.41, 5.74) is 6.13. The van der Waals surface area contributed by atoms with Crippen molar-refractivity contribution in [3.63, 3.8) is 0 Å². The van der Waals surface area contributed by atoms with Crippen LogP contribution in [0.15, 0.2) is 53.4 Å². The maximum absolute atomic E-state index is 12.2. The van der Waals surface area contributed by atoms with E-state index in [1.807, 2.05) is 0 Å². The van der Waals surface area contributed by atoms with Crippen LogP contribution >= 0.6 is 0 Å². The van der Waals surface area contributed by atoms with Crippen molar-refractivity contribution in [1.82, 2.24) is 5.32 Å². The van der Waals surface area contributed by atoms with Gasteiger partial charge in [0.1, 0.15) is 10.6 Å². The summed E-state index contributed by atoms with van der Waals surface area (Å²) in [6.07, 6.45) is 0. The molecule has 2 amide bonds. The van der Waals surface area contributed by atoms with Crippen LogP contribution in [-0.4, -0.2) is 21.5 Å². The number of nitrogens with one attached hydrogen (secondary N) is 2. The van der Waals surface area contributed by atoms with Crippen LogP contribution in [0.1, 0.15) is 0 Å². The lowest BCUT2D eigenvalue weighted by molar-refractivity contribution is 0.254. The topological polar surface area (TPSA) is 111 Å². The zero-order chi connectivity index (χ0) is 16.2. The second kappa shape index (κ2) is 6.35. The summed E-state index contributed by atoms with van der Waals surface area (Å²) in [6, 6.07) is 11.5. The number of anilines is 2. The predicted molar refractivity (Wildman–Crippen MR) is 83.2 cm³/mol. The summed E-state index contributed by atoms with van der Waals surface area (Å²) >= 11 is 0. The second-order valence-corrected chi connectivity index (χ2v) is 5.85. The fraction of sp³-hybridized carbons (Fsp3) is 0.0714. The van der Waals surface area contributed by atoms with E-state index in [1.54, 1.807) is 18.2 Å². The van der Waals surface area contributed by atoms with E-state index in [1.165, 1.54) is 37.4 Å². The summed E-state index contributed by atoms with van der Waals surface area (Å²) in [7, 11) is -2.59. The molecule has 22 heavy (non-hydrogen) atoms. The van der Waals surface area contributed by atoms with E-state index in [9.17, 15) is 13.2 Å². The third-order valence-corrected chi connectivity index (χ3v) is 3.98. The maximum Gasteiger partial charge on any atom is 0.339 e. The van der Waals surface area contributed by atoms with Gasteiger partial charge in [-0.3, -0.25) is 0 Å². The minimum Gasteiger partial charge on any atom is -0.397 e. The van der Waals surface area contributed by atoms with Gasteiger partial charge >= 0.3 is 16.1 Å². The smallest absolute Gasteiger partial charge is 0.339 e. The van der Waals surface area contributed by atoms with E-state index in [0.717, 1.165) is 0 Å². The summed E-state index contributed by atoms with van der Waals surface area (Å²) < 4.78 is 29.5. The number of hydrogen-bond acceptors (Lipinski definition) is 5. The third-order valence-electron chi connectivity index (χ3n) is 2.74. The molecule has 2 aromatic rings. The minimum atomic E-state index is -4.02. The van der Waals surface area contributed by atoms with Crippen molar-refractivity contribution in [2.45, 2.75) is 4.90 Å². The van der Waals surface area contributed by atoms with E-state index in [0.29, 0.717) is 0 Å². The normalized spacial score (nSPS) is 10.8. The number of para-hydroxylation sites is 1. The summed E-state index contributed by atoms with van der Waals surface area (Å²) in [5.74, 6) is 0.195. The van der Waals surface area contributed by atoms with Gasteiger partial charge in [-0.25, -0.2) is 4.79 Å². The van der Waals surface area contributed by atoms with E-state index in [-0.39, 0.29) is 22.0 Å². The third kappa shape index (κ3) is 3.67. The molecular weight excluding hydrogens is 306 g/mol. The van der Waals surface area contributed by atoms with Gasteiger partial charge in [-0.05, 0) is 30.3 Å². The standard InChI is InChI=1S/C14H15N3O4S/c1-16-14(18)17-13-9-11(7-8-12(13)15)22(19,20)21-10-5-3-2-4-6-10/h2-9H,15H2,1H3,(H2,16,17,18). The Balaban J connectivity index is 2.31. The van der Waals surface area contributed by atoms with Crippen molar-refractivity contribution in [3.05, 3.63) is 48.5 Å². The molecule has 0 heterocycles. The van der Waals surface area contributed by atoms with Gasteiger partial charge in [0.15, 0.2) is 0 Å². The van der Waals surface area contributed by atoms with E-state index >= 15 is 0 Å². The molecular formula is C14H15N3O4S.